The maximum absolute atomic E-state index is 13.9. The summed E-state index contributed by atoms with van der Waals surface area (Å²) >= 11 is 3.23. The van der Waals surface area contributed by atoms with Crippen molar-refractivity contribution in [3.63, 3.8) is 0 Å². The number of hydrogen-bond acceptors (Lipinski definition) is 10. The molecule has 4 rings (SSSR count). The van der Waals surface area contributed by atoms with E-state index < -0.39 is 18.0 Å². The predicted octanol–water partition coefficient (Wildman–Crippen LogP) is 3.35. The second kappa shape index (κ2) is 12.3. The molecule has 1 atom stereocenters. The fraction of sp³-hybridized carbons (Fsp3) is 0.286. The summed E-state index contributed by atoms with van der Waals surface area (Å²) in [6, 6.07) is 7.81. The quantitative estimate of drug-likeness (QED) is 0.203. The van der Waals surface area contributed by atoms with Gasteiger partial charge in [0.2, 0.25) is 0 Å². The minimum Gasteiger partial charge on any atom is -0.497 e. The summed E-state index contributed by atoms with van der Waals surface area (Å²) in [5.41, 5.74) is 1.57. The number of thiazole rings is 1. The lowest BCUT2D eigenvalue weighted by Gasteiger charge is -2.26. The molecule has 0 saturated heterocycles. The number of halogens is 1. The van der Waals surface area contributed by atoms with Gasteiger partial charge in [-0.1, -0.05) is 11.3 Å². The lowest BCUT2D eigenvalue weighted by Crippen LogP contribution is -2.40. The molecule has 0 N–H and O–H groups in total. The summed E-state index contributed by atoms with van der Waals surface area (Å²) in [6.07, 6.45) is 1.71. The Morgan fingerprint density at radius 1 is 1.10 bits per heavy atom. The Balaban J connectivity index is 1.96. The molecule has 2 heterocycles. The normalized spacial score (nSPS) is 14.8. The average molecular weight is 679 g/mol. The number of hydrogen-bond donors (Lipinski definition) is 0. The maximum atomic E-state index is 13.9. The highest BCUT2D eigenvalue weighted by molar-refractivity contribution is 14.1. The van der Waals surface area contributed by atoms with Crippen LogP contribution in [0.25, 0.3) is 6.08 Å². The number of rotatable bonds is 8. The van der Waals surface area contributed by atoms with Crippen LogP contribution in [0.3, 0.4) is 0 Å². The van der Waals surface area contributed by atoms with Crippen molar-refractivity contribution in [2.24, 2.45) is 4.99 Å². The van der Waals surface area contributed by atoms with E-state index in [2.05, 4.69) is 4.99 Å². The molecule has 0 saturated carbocycles. The zero-order chi connectivity index (χ0) is 29.1. The Labute approximate surface area is 247 Å². The number of aromatic nitrogens is 1. The minimum atomic E-state index is -0.848. The van der Waals surface area contributed by atoms with Crippen molar-refractivity contribution >= 4 is 51.9 Å². The van der Waals surface area contributed by atoms with E-state index in [1.165, 1.54) is 37.0 Å². The van der Waals surface area contributed by atoms with Crippen molar-refractivity contribution in [3.05, 3.63) is 76.0 Å². The molecule has 0 amide bonds. The number of esters is 2. The summed E-state index contributed by atoms with van der Waals surface area (Å²) in [5, 5.41) is 0. The van der Waals surface area contributed by atoms with Crippen LogP contribution in [0.2, 0.25) is 0 Å². The molecule has 40 heavy (non-hydrogen) atoms. The first-order chi connectivity index (χ1) is 19.1. The van der Waals surface area contributed by atoms with Gasteiger partial charge < -0.3 is 23.7 Å². The van der Waals surface area contributed by atoms with Crippen LogP contribution in [-0.4, -0.2) is 44.4 Å². The standard InChI is InChI=1S/C28H27IN2O8S/c1-7-38-27(34)23-14(2)30-28-31(24(23)18-9-8-17(35-4)13-20(18)36-5)26(33)22(40-28)12-16-10-19(29)25(39-15(3)32)21(11-16)37-6/h8-13,24H,7H2,1-6H3/b22-12-/t24-/m1/s1. The monoisotopic (exact) mass is 678 g/mol. The number of ether oxygens (including phenoxy) is 5. The first kappa shape index (κ1) is 29.3. The van der Waals surface area contributed by atoms with Gasteiger partial charge in [-0.15, -0.1) is 0 Å². The topological polar surface area (TPSA) is 115 Å². The van der Waals surface area contributed by atoms with Crippen molar-refractivity contribution < 1.29 is 33.3 Å². The third-order valence-electron chi connectivity index (χ3n) is 6.05. The predicted molar refractivity (Wildman–Crippen MR) is 157 cm³/mol. The van der Waals surface area contributed by atoms with Crippen molar-refractivity contribution in [1.29, 1.82) is 0 Å². The smallest absolute Gasteiger partial charge is 0.338 e. The van der Waals surface area contributed by atoms with Gasteiger partial charge in [-0.2, -0.15) is 0 Å². The molecule has 2 aromatic carbocycles. The van der Waals surface area contributed by atoms with Crippen LogP contribution in [0, 0.1) is 3.57 Å². The van der Waals surface area contributed by atoms with Crippen LogP contribution in [-0.2, 0) is 14.3 Å². The highest BCUT2D eigenvalue weighted by Gasteiger charge is 2.35. The molecule has 0 bridgehead atoms. The van der Waals surface area contributed by atoms with Gasteiger partial charge in [0.15, 0.2) is 16.3 Å². The molecule has 210 valence electrons. The molecule has 1 aliphatic rings. The second-order valence-corrected chi connectivity index (χ2v) is 10.7. The molecule has 3 aromatic rings. The van der Waals surface area contributed by atoms with Crippen LogP contribution in [0.5, 0.6) is 23.0 Å². The third-order valence-corrected chi connectivity index (χ3v) is 7.83. The lowest BCUT2D eigenvalue weighted by molar-refractivity contribution is -0.139. The van der Waals surface area contributed by atoms with Crippen molar-refractivity contribution in [3.8, 4) is 23.0 Å². The Hall–Kier alpha value is -3.65. The molecule has 0 unspecified atom stereocenters. The molecule has 0 aliphatic carbocycles. The lowest BCUT2D eigenvalue weighted by atomic mass is 9.95. The van der Waals surface area contributed by atoms with Gasteiger partial charge in [-0.25, -0.2) is 9.79 Å². The van der Waals surface area contributed by atoms with Crippen LogP contribution in [0.1, 0.15) is 37.9 Å². The number of carbonyl (C=O) groups is 2. The maximum Gasteiger partial charge on any atom is 0.338 e. The fourth-order valence-corrected chi connectivity index (χ4v) is 6.13. The summed E-state index contributed by atoms with van der Waals surface area (Å²) in [7, 11) is 4.52. The SMILES string of the molecule is CCOC(=O)C1=C(C)N=c2s/c(=C\c3cc(I)c(OC(C)=O)c(OC)c3)c(=O)n2[C@@H]1c1ccc(OC)cc1OC. The summed E-state index contributed by atoms with van der Waals surface area (Å²) < 4.78 is 29.6. The van der Waals surface area contributed by atoms with Crippen LogP contribution < -0.4 is 33.8 Å². The van der Waals surface area contributed by atoms with Crippen molar-refractivity contribution in [2.45, 2.75) is 26.8 Å². The van der Waals surface area contributed by atoms with Crippen LogP contribution >= 0.6 is 33.9 Å². The second-order valence-electron chi connectivity index (χ2n) is 8.54. The van der Waals surface area contributed by atoms with E-state index in [1.807, 2.05) is 22.6 Å². The number of nitrogens with zero attached hydrogens (tertiary/aromatic N) is 2. The number of allylic oxidation sites excluding steroid dienone is 1. The molecule has 1 aliphatic heterocycles. The Morgan fingerprint density at radius 3 is 2.45 bits per heavy atom. The van der Waals surface area contributed by atoms with Crippen LogP contribution in [0.4, 0.5) is 0 Å². The highest BCUT2D eigenvalue weighted by atomic mass is 127. The van der Waals surface area contributed by atoms with E-state index in [1.54, 1.807) is 57.4 Å². The van der Waals surface area contributed by atoms with Crippen molar-refractivity contribution in [1.82, 2.24) is 4.57 Å². The Bertz CT molecular complexity index is 1710. The van der Waals surface area contributed by atoms with E-state index in [9.17, 15) is 14.4 Å². The van der Waals surface area contributed by atoms with Gasteiger partial charge in [0.25, 0.3) is 5.56 Å². The molecule has 1 aromatic heterocycles. The molecule has 0 radical (unpaired) electrons. The zero-order valence-electron chi connectivity index (χ0n) is 22.7. The number of methoxy groups -OCH3 is 3. The van der Waals surface area contributed by atoms with E-state index in [-0.39, 0.29) is 17.7 Å². The van der Waals surface area contributed by atoms with E-state index >= 15 is 0 Å². The largest absolute Gasteiger partial charge is 0.497 e. The van der Waals surface area contributed by atoms with Gasteiger partial charge in [-0.05, 0) is 72.3 Å². The van der Waals surface area contributed by atoms with E-state index in [4.69, 9.17) is 23.7 Å². The fourth-order valence-electron chi connectivity index (χ4n) is 4.35. The molecular weight excluding hydrogens is 651 g/mol. The van der Waals surface area contributed by atoms with Crippen molar-refractivity contribution in [2.75, 3.05) is 27.9 Å². The van der Waals surface area contributed by atoms with Gasteiger partial charge in [-0.3, -0.25) is 14.2 Å². The van der Waals surface area contributed by atoms with Crippen LogP contribution in [0.15, 0.2) is 51.4 Å². The third kappa shape index (κ3) is 5.63. The minimum absolute atomic E-state index is 0.163. The highest BCUT2D eigenvalue weighted by Crippen LogP contribution is 2.38. The molecule has 10 nitrogen and oxygen atoms in total. The van der Waals surface area contributed by atoms with Gasteiger partial charge in [0, 0.05) is 18.6 Å². The zero-order valence-corrected chi connectivity index (χ0v) is 25.7. The first-order valence-electron chi connectivity index (χ1n) is 12.1. The van der Waals surface area contributed by atoms with Gasteiger partial charge >= 0.3 is 11.9 Å². The summed E-state index contributed by atoms with van der Waals surface area (Å²) in [6.45, 7) is 4.91. The summed E-state index contributed by atoms with van der Waals surface area (Å²) in [5.74, 6) is 0.612. The first-order valence-corrected chi connectivity index (χ1v) is 14.0. The molecule has 0 fully saturated rings. The number of carbonyl (C=O) groups excluding carboxylic acids is 2. The van der Waals surface area contributed by atoms with Gasteiger partial charge in [0.1, 0.15) is 17.5 Å². The van der Waals surface area contributed by atoms with Gasteiger partial charge in [0.05, 0.1) is 47.3 Å². The molecular formula is C28H27IN2O8S. The van der Waals surface area contributed by atoms with E-state index in [0.717, 1.165) is 0 Å². The van der Waals surface area contributed by atoms with E-state index in [0.29, 0.717) is 52.7 Å². The molecule has 12 heteroatoms. The Morgan fingerprint density at radius 2 is 1.82 bits per heavy atom. The Kier molecular flexibility index (Phi) is 8.98. The average Bonchev–Trinajstić information content (AvgIpc) is 3.22. The molecule has 0 spiro atoms. The number of benzene rings is 2. The summed E-state index contributed by atoms with van der Waals surface area (Å²) in [4.78, 5) is 43.7. The number of fused-ring (bicyclic) bond motifs is 1.